The second kappa shape index (κ2) is 15.8. The van der Waals surface area contributed by atoms with Crippen molar-refractivity contribution < 1.29 is 9.22 Å². The van der Waals surface area contributed by atoms with Crippen LogP contribution in [0, 0.1) is 5.92 Å². The summed E-state index contributed by atoms with van der Waals surface area (Å²) in [5.41, 5.74) is 10.2. The summed E-state index contributed by atoms with van der Waals surface area (Å²) < 4.78 is 7.03. The van der Waals surface area contributed by atoms with Crippen molar-refractivity contribution in [3.05, 3.63) is 76.9 Å². The highest BCUT2D eigenvalue weighted by Gasteiger charge is 2.32. The van der Waals surface area contributed by atoms with E-state index < -0.39 is 0 Å². The van der Waals surface area contributed by atoms with Crippen LogP contribution in [-0.2, 0) is 4.74 Å². The van der Waals surface area contributed by atoms with Crippen molar-refractivity contribution in [2.75, 3.05) is 27.2 Å². The zero-order valence-electron chi connectivity index (χ0n) is 24.0. The molecule has 3 nitrogen and oxygen atoms in total. The maximum Gasteiger partial charge on any atom is 0.154 e. The molecule has 3 atom stereocenters. The molecule has 0 aromatic rings. The average molecular weight is 492 g/mol. The van der Waals surface area contributed by atoms with E-state index in [1.165, 1.54) is 41.0 Å². The molecule has 1 heterocycles. The van der Waals surface area contributed by atoms with Crippen LogP contribution in [0.25, 0.3) is 0 Å². The van der Waals surface area contributed by atoms with Gasteiger partial charge in [-0.25, -0.2) is 0 Å². The van der Waals surface area contributed by atoms with Gasteiger partial charge in [-0.3, -0.25) is 9.48 Å². The van der Waals surface area contributed by atoms with Gasteiger partial charge < -0.3 is 4.74 Å². The fourth-order valence-electron chi connectivity index (χ4n) is 5.25. The Bertz CT molecular complexity index is 939. The SMILES string of the molecule is C=C(C=C1CCC[N+](C)(CC)C1=CN=CCC)CCC(OC)C(=CCC)C1C=C=CCCC(C)=CC1. The lowest BCUT2D eigenvalue weighted by Gasteiger charge is -2.39. The molecule has 0 radical (unpaired) electrons. The minimum atomic E-state index is 0.0878. The fraction of sp³-hybridized carbons (Fsp3) is 0.576. The number of hydrogen-bond donors (Lipinski definition) is 0. The molecule has 2 rings (SSSR count). The topological polar surface area (TPSA) is 21.6 Å². The first-order valence-electron chi connectivity index (χ1n) is 14.1. The number of allylic oxidation sites excluding steroid dienone is 7. The Labute approximate surface area is 222 Å². The highest BCUT2D eigenvalue weighted by Crippen LogP contribution is 2.34. The van der Waals surface area contributed by atoms with Gasteiger partial charge in [-0.05, 0) is 82.9 Å². The lowest BCUT2D eigenvalue weighted by atomic mass is 9.87. The quantitative estimate of drug-likeness (QED) is 0.123. The molecule has 0 aromatic heterocycles. The number of hydrogen-bond acceptors (Lipinski definition) is 2. The molecular formula is C33H51N2O+. The van der Waals surface area contributed by atoms with Gasteiger partial charge in [-0.15, -0.1) is 5.73 Å². The minimum Gasteiger partial charge on any atom is -0.377 e. The number of rotatable bonds is 11. The van der Waals surface area contributed by atoms with E-state index in [0.29, 0.717) is 5.92 Å². The molecule has 3 unspecified atom stereocenters. The fourth-order valence-corrected chi connectivity index (χ4v) is 5.25. The molecule has 36 heavy (non-hydrogen) atoms. The number of methoxy groups -OCH3 is 1. The zero-order valence-corrected chi connectivity index (χ0v) is 24.0. The molecule has 0 saturated carbocycles. The van der Waals surface area contributed by atoms with Crippen molar-refractivity contribution in [1.82, 2.24) is 0 Å². The first kappa shape index (κ1) is 30.0. The summed E-state index contributed by atoms with van der Waals surface area (Å²) in [6, 6.07) is 0. The van der Waals surface area contributed by atoms with Crippen molar-refractivity contribution in [2.45, 2.75) is 91.6 Å². The van der Waals surface area contributed by atoms with Crippen LogP contribution in [0.4, 0.5) is 0 Å². The van der Waals surface area contributed by atoms with E-state index in [1.807, 2.05) is 13.3 Å². The molecule has 0 aromatic carbocycles. The van der Waals surface area contributed by atoms with Crippen LogP contribution in [0.15, 0.2) is 81.9 Å². The third-order valence-corrected chi connectivity index (χ3v) is 7.64. The molecule has 1 fully saturated rings. The van der Waals surface area contributed by atoms with E-state index in [2.05, 4.69) is 88.6 Å². The summed E-state index contributed by atoms with van der Waals surface area (Å²) in [5.74, 6) is 0.331. The summed E-state index contributed by atoms with van der Waals surface area (Å²) in [4.78, 5) is 4.61. The van der Waals surface area contributed by atoms with Gasteiger partial charge in [0.25, 0.3) is 0 Å². The van der Waals surface area contributed by atoms with Gasteiger partial charge in [0.1, 0.15) is 0 Å². The molecule has 0 bridgehead atoms. The van der Waals surface area contributed by atoms with Crippen LogP contribution >= 0.6 is 0 Å². The third-order valence-electron chi connectivity index (χ3n) is 7.64. The Balaban J connectivity index is 2.21. The maximum atomic E-state index is 6.08. The van der Waals surface area contributed by atoms with Crippen LogP contribution in [-0.4, -0.2) is 44.0 Å². The zero-order chi connectivity index (χ0) is 26.4. The van der Waals surface area contributed by atoms with Crippen LogP contribution in [0.2, 0.25) is 0 Å². The molecule has 0 N–H and O–H groups in total. The van der Waals surface area contributed by atoms with Crippen LogP contribution < -0.4 is 0 Å². The number of ether oxygens (including phenoxy) is 1. The van der Waals surface area contributed by atoms with Gasteiger partial charge in [0.15, 0.2) is 5.70 Å². The molecule has 1 aliphatic carbocycles. The molecule has 0 spiro atoms. The number of aliphatic imine (C=N–C) groups is 1. The highest BCUT2D eigenvalue weighted by atomic mass is 16.5. The number of piperidine rings is 1. The summed E-state index contributed by atoms with van der Waals surface area (Å²) in [7, 11) is 4.18. The second-order valence-corrected chi connectivity index (χ2v) is 10.5. The summed E-state index contributed by atoms with van der Waals surface area (Å²) in [6.45, 7) is 15.6. The minimum absolute atomic E-state index is 0.0878. The van der Waals surface area contributed by atoms with Gasteiger partial charge in [0.05, 0.1) is 32.4 Å². The van der Waals surface area contributed by atoms with Crippen molar-refractivity contribution in [1.29, 1.82) is 0 Å². The van der Waals surface area contributed by atoms with E-state index in [-0.39, 0.29) is 6.10 Å². The summed E-state index contributed by atoms with van der Waals surface area (Å²) in [5, 5.41) is 0. The molecule has 2 aliphatic rings. The Morgan fingerprint density at radius 1 is 1.28 bits per heavy atom. The monoisotopic (exact) mass is 491 g/mol. The normalized spacial score (nSPS) is 26.7. The van der Waals surface area contributed by atoms with Crippen LogP contribution in [0.1, 0.15) is 85.5 Å². The standard InChI is InChI=1S/C33H51N2O/c1-8-15-31(29-17-13-11-12-16-27(4)19-21-29)33(36-7)22-20-28(5)25-30-18-14-24-35(6,10-3)32(30)26-34-23-9-2/h11,15,17,19,23,25-26,29,33H,5,8-10,12,14,16,18,20-22,24H2,1-4,6-7H3/q+1. The van der Waals surface area contributed by atoms with Gasteiger partial charge in [-0.1, -0.05) is 49.8 Å². The van der Waals surface area contributed by atoms with Crippen LogP contribution in [0.3, 0.4) is 0 Å². The molecule has 3 heteroatoms. The molecule has 198 valence electrons. The van der Waals surface area contributed by atoms with Crippen molar-refractivity contribution in [3.8, 4) is 0 Å². The number of nitrogens with zero attached hydrogens (tertiary/aromatic N) is 2. The molecule has 0 amide bonds. The second-order valence-electron chi connectivity index (χ2n) is 10.5. The van der Waals surface area contributed by atoms with E-state index in [4.69, 9.17) is 4.74 Å². The van der Waals surface area contributed by atoms with E-state index in [9.17, 15) is 0 Å². The smallest absolute Gasteiger partial charge is 0.154 e. The lowest BCUT2D eigenvalue weighted by molar-refractivity contribution is -0.871. The first-order valence-corrected chi connectivity index (χ1v) is 14.1. The van der Waals surface area contributed by atoms with Gasteiger partial charge >= 0.3 is 0 Å². The predicted molar refractivity (Wildman–Crippen MR) is 157 cm³/mol. The van der Waals surface area contributed by atoms with Crippen molar-refractivity contribution in [3.63, 3.8) is 0 Å². The number of likely N-dealkylation sites (N-methyl/N-ethyl adjacent to an activating group) is 1. The van der Waals surface area contributed by atoms with Gasteiger partial charge in [0.2, 0.25) is 0 Å². The summed E-state index contributed by atoms with van der Waals surface area (Å²) >= 11 is 0. The average Bonchev–Trinajstić information content (AvgIpc) is 2.97. The Morgan fingerprint density at radius 3 is 2.78 bits per heavy atom. The van der Waals surface area contributed by atoms with Crippen molar-refractivity contribution >= 4 is 6.21 Å². The third kappa shape index (κ3) is 9.04. The predicted octanol–water partition coefficient (Wildman–Crippen LogP) is 8.64. The largest absolute Gasteiger partial charge is 0.377 e. The van der Waals surface area contributed by atoms with E-state index >= 15 is 0 Å². The Morgan fingerprint density at radius 2 is 2.08 bits per heavy atom. The highest BCUT2D eigenvalue weighted by molar-refractivity contribution is 5.57. The van der Waals surface area contributed by atoms with Crippen LogP contribution in [0.5, 0.6) is 0 Å². The Kier molecular flexibility index (Phi) is 13.2. The lowest BCUT2D eigenvalue weighted by Crippen LogP contribution is -2.46. The molecule has 1 saturated heterocycles. The summed E-state index contributed by atoms with van der Waals surface area (Å²) in [6.07, 6.45) is 25.1. The first-order chi connectivity index (χ1) is 17.4. The molecule has 1 aliphatic heterocycles. The molecular weight excluding hydrogens is 440 g/mol. The van der Waals surface area contributed by atoms with E-state index in [1.54, 1.807) is 0 Å². The Hall–Kier alpha value is -2.19. The van der Waals surface area contributed by atoms with Crippen molar-refractivity contribution in [2.24, 2.45) is 10.9 Å². The number of likely N-dealkylation sites (tertiary alicyclic amines) is 1. The number of quaternary nitrogens is 1. The van der Waals surface area contributed by atoms with E-state index in [0.717, 1.165) is 62.4 Å². The maximum absolute atomic E-state index is 6.08. The van der Waals surface area contributed by atoms with Gasteiger partial charge in [0, 0.05) is 31.2 Å². The van der Waals surface area contributed by atoms with Gasteiger partial charge in [-0.2, -0.15) is 0 Å².